The fourth-order valence-electron chi connectivity index (χ4n) is 3.59. The number of aryl methyl sites for hydroxylation is 1. The lowest BCUT2D eigenvalue weighted by Gasteiger charge is -2.13. The molecule has 3 N–H and O–H groups in total. The highest BCUT2D eigenvalue weighted by Gasteiger charge is 2.20. The second kappa shape index (κ2) is 8.47. The summed E-state index contributed by atoms with van der Waals surface area (Å²) in [7, 11) is -2.31. The van der Waals surface area contributed by atoms with E-state index in [-0.39, 0.29) is 5.69 Å². The Labute approximate surface area is 189 Å². The summed E-state index contributed by atoms with van der Waals surface area (Å²) in [5.74, 6) is 0.304. The van der Waals surface area contributed by atoms with Gasteiger partial charge in [-0.1, -0.05) is 18.2 Å². The van der Waals surface area contributed by atoms with E-state index in [1.807, 2.05) is 18.2 Å². The summed E-state index contributed by atoms with van der Waals surface area (Å²) in [6.07, 6.45) is 1.05. The smallest absolute Gasteiger partial charge is 0.354 e. The number of carbonyl (C=O) groups excluding carboxylic acids is 1. The van der Waals surface area contributed by atoms with Crippen molar-refractivity contribution in [2.45, 2.75) is 6.92 Å². The molecule has 2 heterocycles. The number of ether oxygens (including phenoxy) is 2. The first kappa shape index (κ1) is 22.2. The van der Waals surface area contributed by atoms with Crippen molar-refractivity contribution >= 4 is 32.5 Å². The van der Waals surface area contributed by atoms with E-state index in [4.69, 9.17) is 9.47 Å². The molecular weight excluding hydrogens is 446 g/mol. The maximum absolute atomic E-state index is 12.7. The molecule has 0 saturated heterocycles. The van der Waals surface area contributed by atoms with Crippen LogP contribution in [0.15, 0.2) is 59.4 Å². The van der Waals surface area contributed by atoms with E-state index in [1.54, 1.807) is 37.3 Å². The van der Waals surface area contributed by atoms with Crippen LogP contribution in [0.25, 0.3) is 22.0 Å². The number of pyridine rings is 1. The number of H-pyrrole nitrogens is 2. The zero-order valence-electron chi connectivity index (χ0n) is 18.1. The number of anilines is 1. The van der Waals surface area contributed by atoms with Crippen molar-refractivity contribution in [3.63, 3.8) is 0 Å². The first-order valence-corrected chi connectivity index (χ1v) is 11.7. The van der Waals surface area contributed by atoms with Crippen LogP contribution in [0.2, 0.25) is 0 Å². The molecule has 2 aromatic heterocycles. The molecule has 0 saturated carbocycles. The van der Waals surface area contributed by atoms with Gasteiger partial charge in [0.05, 0.1) is 24.4 Å². The van der Waals surface area contributed by atoms with Crippen LogP contribution in [0.3, 0.4) is 0 Å². The normalized spacial score (nSPS) is 11.4. The number of aromatic nitrogens is 2. The number of hydrogen-bond donors (Lipinski definition) is 3. The molecule has 0 aliphatic carbocycles. The van der Waals surface area contributed by atoms with Crippen molar-refractivity contribution < 1.29 is 22.7 Å². The van der Waals surface area contributed by atoms with Gasteiger partial charge in [0.15, 0.2) is 0 Å². The van der Waals surface area contributed by atoms with Gasteiger partial charge >= 0.3 is 5.97 Å². The lowest BCUT2D eigenvalue weighted by atomic mass is 10.1. The number of methoxy groups -OCH3 is 1. The van der Waals surface area contributed by atoms with Crippen LogP contribution in [0, 0.1) is 6.92 Å². The van der Waals surface area contributed by atoms with Gasteiger partial charge in [-0.25, -0.2) is 13.2 Å². The molecule has 0 amide bonds. The Bertz CT molecular complexity index is 1520. The van der Waals surface area contributed by atoms with Crippen LogP contribution in [0.5, 0.6) is 11.5 Å². The third-order valence-corrected chi connectivity index (χ3v) is 5.53. The quantitative estimate of drug-likeness (QED) is 0.370. The highest BCUT2D eigenvalue weighted by Crippen LogP contribution is 2.39. The van der Waals surface area contributed by atoms with Gasteiger partial charge < -0.3 is 19.4 Å². The fraction of sp³-hybridized carbons (Fsp3) is 0.130. The average molecular weight is 468 g/mol. The van der Waals surface area contributed by atoms with Gasteiger partial charge in [0.2, 0.25) is 10.0 Å². The van der Waals surface area contributed by atoms with Gasteiger partial charge in [-0.15, -0.1) is 0 Å². The lowest BCUT2D eigenvalue weighted by molar-refractivity contribution is 0.0594. The number of hydrogen-bond acceptors (Lipinski definition) is 6. The number of carbonyl (C=O) groups is 1. The predicted molar refractivity (Wildman–Crippen MR) is 125 cm³/mol. The molecule has 0 radical (unpaired) electrons. The third-order valence-electron chi connectivity index (χ3n) is 4.92. The summed E-state index contributed by atoms with van der Waals surface area (Å²) in [5.41, 5.74) is 1.40. The Morgan fingerprint density at radius 3 is 2.42 bits per heavy atom. The largest absolute Gasteiger partial charge is 0.464 e. The van der Waals surface area contributed by atoms with Gasteiger partial charge in [0.1, 0.15) is 17.2 Å². The third kappa shape index (κ3) is 4.60. The van der Waals surface area contributed by atoms with Crippen molar-refractivity contribution in [3.8, 4) is 22.8 Å². The van der Waals surface area contributed by atoms with Crippen LogP contribution < -0.4 is 15.0 Å². The molecule has 0 spiro atoms. The van der Waals surface area contributed by atoms with Gasteiger partial charge in [0, 0.05) is 22.3 Å². The van der Waals surface area contributed by atoms with Crippen molar-refractivity contribution in [2.75, 3.05) is 18.1 Å². The Kier molecular flexibility index (Phi) is 5.69. The van der Waals surface area contributed by atoms with Crippen LogP contribution >= 0.6 is 0 Å². The number of sulfonamides is 1. The zero-order valence-corrected chi connectivity index (χ0v) is 18.9. The Morgan fingerprint density at radius 2 is 1.76 bits per heavy atom. The molecule has 4 aromatic rings. The highest BCUT2D eigenvalue weighted by molar-refractivity contribution is 7.92. The molecular formula is C23H21N3O6S. The molecule has 4 rings (SSSR count). The Balaban J connectivity index is 1.97. The molecule has 33 heavy (non-hydrogen) atoms. The molecule has 0 fully saturated rings. The number of rotatable bonds is 6. The zero-order chi connectivity index (χ0) is 23.8. The topological polar surface area (TPSA) is 130 Å². The van der Waals surface area contributed by atoms with Crippen molar-refractivity contribution in [3.05, 3.63) is 76.3 Å². The molecule has 10 heteroatoms. The molecule has 0 atom stereocenters. The maximum Gasteiger partial charge on any atom is 0.354 e. The van der Waals surface area contributed by atoms with E-state index in [0.29, 0.717) is 44.9 Å². The van der Waals surface area contributed by atoms with Crippen LogP contribution in [-0.4, -0.2) is 37.7 Å². The predicted octanol–water partition coefficient (Wildman–Crippen LogP) is 3.78. The van der Waals surface area contributed by atoms with Gasteiger partial charge in [0.25, 0.3) is 5.56 Å². The fourth-order valence-corrected chi connectivity index (χ4v) is 4.14. The van der Waals surface area contributed by atoms with Gasteiger partial charge in [-0.05, 0) is 43.3 Å². The molecule has 0 bridgehead atoms. The number of para-hydroxylation sites is 1. The molecule has 0 aliphatic heterocycles. The molecule has 2 aromatic carbocycles. The first-order valence-electron chi connectivity index (χ1n) is 9.85. The van der Waals surface area contributed by atoms with Crippen molar-refractivity contribution in [2.24, 2.45) is 0 Å². The minimum absolute atomic E-state index is 0.00815. The van der Waals surface area contributed by atoms with Crippen LogP contribution in [0.4, 0.5) is 5.69 Å². The van der Waals surface area contributed by atoms with Crippen LogP contribution in [-0.2, 0) is 14.8 Å². The van der Waals surface area contributed by atoms with Crippen LogP contribution in [0.1, 0.15) is 16.2 Å². The first-order chi connectivity index (χ1) is 15.7. The maximum atomic E-state index is 12.7. The standard InChI is InChI=1S/C23H21N3O6S/c1-13-20-17(12-18(23(28)31-2)25-22(20)27)21(24-13)16-11-14(26-33(3,29)30)9-10-19(16)32-15-7-5-4-6-8-15/h4-12,24,26H,1-3H3,(H,25,27). The molecule has 9 nitrogen and oxygen atoms in total. The van der Waals surface area contributed by atoms with Crippen molar-refractivity contribution in [1.82, 2.24) is 9.97 Å². The molecule has 0 aliphatic rings. The second-order valence-electron chi connectivity index (χ2n) is 7.42. The van der Waals surface area contributed by atoms with E-state index < -0.39 is 21.6 Å². The lowest BCUT2D eigenvalue weighted by Crippen LogP contribution is -2.14. The number of aromatic amines is 2. The summed E-state index contributed by atoms with van der Waals surface area (Å²) >= 11 is 0. The van der Waals surface area contributed by atoms with E-state index in [9.17, 15) is 18.0 Å². The van der Waals surface area contributed by atoms with E-state index >= 15 is 0 Å². The summed E-state index contributed by atoms with van der Waals surface area (Å²) in [6.45, 7) is 1.73. The van der Waals surface area contributed by atoms with E-state index in [0.717, 1.165) is 6.26 Å². The summed E-state index contributed by atoms with van der Waals surface area (Å²) in [4.78, 5) is 30.5. The van der Waals surface area contributed by atoms with E-state index in [1.165, 1.54) is 13.2 Å². The molecule has 170 valence electrons. The van der Waals surface area contributed by atoms with E-state index in [2.05, 4.69) is 14.7 Å². The number of esters is 1. The second-order valence-corrected chi connectivity index (χ2v) is 9.17. The Hall–Kier alpha value is -4.05. The van der Waals surface area contributed by atoms with Gasteiger partial charge in [-0.2, -0.15) is 0 Å². The minimum atomic E-state index is -3.53. The summed E-state index contributed by atoms with van der Waals surface area (Å²) in [6, 6.07) is 15.4. The summed E-state index contributed by atoms with van der Waals surface area (Å²) in [5, 5.41) is 0.829. The number of nitrogens with one attached hydrogen (secondary N) is 3. The minimum Gasteiger partial charge on any atom is -0.464 e. The Morgan fingerprint density at radius 1 is 1.03 bits per heavy atom. The summed E-state index contributed by atoms with van der Waals surface area (Å²) < 4.78 is 36.8. The molecule has 0 unspecified atom stereocenters. The van der Waals surface area contributed by atoms with Crippen molar-refractivity contribution in [1.29, 1.82) is 0 Å². The van der Waals surface area contributed by atoms with Gasteiger partial charge in [-0.3, -0.25) is 9.52 Å². The monoisotopic (exact) mass is 467 g/mol. The SMILES string of the molecule is COC(=O)c1cc2c(-c3cc(NS(C)(=O)=O)ccc3Oc3ccccc3)[nH]c(C)c2c(=O)[nH]1. The number of fused-ring (bicyclic) bond motifs is 1. The highest BCUT2D eigenvalue weighted by atomic mass is 32.2. The average Bonchev–Trinajstić information content (AvgIpc) is 3.10. The number of benzene rings is 2.